The maximum absolute atomic E-state index is 5.29. The number of anilines is 1. The van der Waals surface area contributed by atoms with Crippen molar-refractivity contribution in [1.29, 1.82) is 0 Å². The Hall–Kier alpha value is -2.63. The summed E-state index contributed by atoms with van der Waals surface area (Å²) in [5.41, 5.74) is 2.02. The Labute approximate surface area is 116 Å². The molecule has 0 saturated heterocycles. The molecule has 0 unspecified atom stereocenters. The van der Waals surface area contributed by atoms with E-state index in [2.05, 4.69) is 15.2 Å². The summed E-state index contributed by atoms with van der Waals surface area (Å²) in [6.45, 7) is 0.682. The third kappa shape index (κ3) is 2.54. The Balaban J connectivity index is 1.76. The lowest BCUT2D eigenvalue weighted by Gasteiger charge is -2.11. The molecule has 0 atom stereocenters. The van der Waals surface area contributed by atoms with E-state index in [-0.39, 0.29) is 0 Å². The molecule has 2 aromatic heterocycles. The second-order valence-corrected chi connectivity index (χ2v) is 4.64. The lowest BCUT2D eigenvalue weighted by atomic mass is 10.2. The van der Waals surface area contributed by atoms with Gasteiger partial charge in [0.1, 0.15) is 0 Å². The molecule has 0 aliphatic carbocycles. The van der Waals surface area contributed by atoms with E-state index in [0.29, 0.717) is 18.4 Å². The summed E-state index contributed by atoms with van der Waals surface area (Å²) in [7, 11) is 3.82. The number of hydrogen-bond donors (Lipinski definition) is 0. The van der Waals surface area contributed by atoms with Gasteiger partial charge in [0.15, 0.2) is 0 Å². The Bertz CT molecular complexity index is 688. The maximum Gasteiger partial charge on any atom is 0.266 e. The SMILES string of the molecule is CN(Cc1cnn(C)c1)c1noc(-c2ccccc2)n1. The standard InChI is InChI=1S/C14H15N5O/c1-18(9-11-8-15-19(2)10-11)14-16-13(20-17-14)12-6-4-3-5-7-12/h3-8,10H,9H2,1-2H3. The fourth-order valence-corrected chi connectivity index (χ4v) is 1.97. The van der Waals surface area contributed by atoms with Crippen molar-refractivity contribution in [2.75, 3.05) is 11.9 Å². The first-order valence-corrected chi connectivity index (χ1v) is 6.30. The molecule has 0 fully saturated rings. The third-order valence-electron chi connectivity index (χ3n) is 2.96. The fraction of sp³-hybridized carbons (Fsp3) is 0.214. The van der Waals surface area contributed by atoms with Crippen LogP contribution in [0.5, 0.6) is 0 Å². The highest BCUT2D eigenvalue weighted by molar-refractivity contribution is 5.53. The number of hydrogen-bond acceptors (Lipinski definition) is 5. The first kappa shape index (κ1) is 12.4. The fourth-order valence-electron chi connectivity index (χ4n) is 1.97. The average Bonchev–Trinajstić information content (AvgIpc) is 3.09. The van der Waals surface area contributed by atoms with Crippen molar-refractivity contribution in [2.45, 2.75) is 6.54 Å². The molecule has 102 valence electrons. The van der Waals surface area contributed by atoms with Gasteiger partial charge in [-0.3, -0.25) is 4.68 Å². The van der Waals surface area contributed by atoms with E-state index in [0.717, 1.165) is 11.1 Å². The summed E-state index contributed by atoms with van der Waals surface area (Å²) in [6.07, 6.45) is 3.80. The highest BCUT2D eigenvalue weighted by atomic mass is 16.5. The third-order valence-corrected chi connectivity index (χ3v) is 2.96. The molecule has 2 heterocycles. The van der Waals surface area contributed by atoms with E-state index in [9.17, 15) is 0 Å². The molecule has 0 radical (unpaired) electrons. The summed E-state index contributed by atoms with van der Waals surface area (Å²) in [6, 6.07) is 9.73. The summed E-state index contributed by atoms with van der Waals surface area (Å²) < 4.78 is 7.06. The summed E-state index contributed by atoms with van der Waals surface area (Å²) in [4.78, 5) is 6.33. The van der Waals surface area contributed by atoms with Gasteiger partial charge >= 0.3 is 0 Å². The minimum absolute atomic E-state index is 0.527. The molecule has 0 bridgehead atoms. The van der Waals surface area contributed by atoms with Gasteiger partial charge in [-0.05, 0) is 17.3 Å². The van der Waals surface area contributed by atoms with Crippen molar-refractivity contribution in [3.05, 3.63) is 48.3 Å². The van der Waals surface area contributed by atoms with Crippen LogP contribution in [0.25, 0.3) is 11.5 Å². The monoisotopic (exact) mass is 269 g/mol. The maximum atomic E-state index is 5.29. The van der Waals surface area contributed by atoms with Crippen LogP contribution in [0.1, 0.15) is 5.56 Å². The largest absolute Gasteiger partial charge is 0.337 e. The molecular weight excluding hydrogens is 254 g/mol. The van der Waals surface area contributed by atoms with Gasteiger partial charge in [-0.15, -0.1) is 0 Å². The van der Waals surface area contributed by atoms with Crippen LogP contribution < -0.4 is 4.90 Å². The van der Waals surface area contributed by atoms with Crippen LogP contribution in [0.3, 0.4) is 0 Å². The van der Waals surface area contributed by atoms with Crippen LogP contribution in [-0.4, -0.2) is 27.0 Å². The summed E-state index contributed by atoms with van der Waals surface area (Å²) in [5, 5.41) is 8.15. The van der Waals surface area contributed by atoms with Crippen molar-refractivity contribution in [3.63, 3.8) is 0 Å². The summed E-state index contributed by atoms with van der Waals surface area (Å²) >= 11 is 0. The van der Waals surface area contributed by atoms with Crippen LogP contribution in [0, 0.1) is 0 Å². The minimum Gasteiger partial charge on any atom is -0.337 e. The molecule has 6 nitrogen and oxygen atoms in total. The minimum atomic E-state index is 0.527. The first-order chi connectivity index (χ1) is 9.72. The summed E-state index contributed by atoms with van der Waals surface area (Å²) in [5.74, 6) is 1.09. The lowest BCUT2D eigenvalue weighted by molar-refractivity contribution is 0.430. The van der Waals surface area contributed by atoms with E-state index in [1.165, 1.54) is 0 Å². The molecule has 20 heavy (non-hydrogen) atoms. The molecule has 0 saturated carbocycles. The lowest BCUT2D eigenvalue weighted by Crippen LogP contribution is -2.17. The van der Waals surface area contributed by atoms with Crippen molar-refractivity contribution >= 4 is 5.95 Å². The zero-order valence-corrected chi connectivity index (χ0v) is 11.4. The predicted octanol–water partition coefficient (Wildman–Crippen LogP) is 2.11. The second-order valence-electron chi connectivity index (χ2n) is 4.64. The molecule has 0 spiro atoms. The number of rotatable bonds is 4. The van der Waals surface area contributed by atoms with Crippen LogP contribution in [0.15, 0.2) is 47.2 Å². The van der Waals surface area contributed by atoms with Crippen LogP contribution >= 0.6 is 0 Å². The van der Waals surface area contributed by atoms with E-state index < -0.39 is 0 Å². The van der Waals surface area contributed by atoms with Gasteiger partial charge < -0.3 is 9.42 Å². The van der Waals surface area contributed by atoms with Gasteiger partial charge in [0.05, 0.1) is 6.20 Å². The Kier molecular flexibility index (Phi) is 3.20. The number of aromatic nitrogens is 4. The van der Waals surface area contributed by atoms with Crippen LogP contribution in [-0.2, 0) is 13.6 Å². The Morgan fingerprint density at radius 2 is 2.05 bits per heavy atom. The molecule has 0 aliphatic heterocycles. The van der Waals surface area contributed by atoms with Crippen LogP contribution in [0.4, 0.5) is 5.95 Å². The highest BCUT2D eigenvalue weighted by Crippen LogP contribution is 2.20. The topological polar surface area (TPSA) is 60.0 Å². The molecular formula is C14H15N5O. The number of nitrogens with zero attached hydrogens (tertiary/aromatic N) is 5. The zero-order chi connectivity index (χ0) is 13.9. The van der Waals surface area contributed by atoms with Crippen molar-refractivity contribution in [3.8, 4) is 11.5 Å². The van der Waals surface area contributed by atoms with Gasteiger partial charge in [0, 0.05) is 38.0 Å². The zero-order valence-electron chi connectivity index (χ0n) is 11.4. The molecule has 6 heteroatoms. The highest BCUT2D eigenvalue weighted by Gasteiger charge is 2.12. The molecule has 3 aromatic rings. The van der Waals surface area contributed by atoms with Gasteiger partial charge in [-0.1, -0.05) is 18.2 Å². The molecule has 0 N–H and O–H groups in total. The van der Waals surface area contributed by atoms with E-state index in [4.69, 9.17) is 4.52 Å². The Morgan fingerprint density at radius 1 is 1.25 bits per heavy atom. The number of benzene rings is 1. The van der Waals surface area contributed by atoms with E-state index in [1.54, 1.807) is 4.68 Å². The van der Waals surface area contributed by atoms with Crippen molar-refractivity contribution < 1.29 is 4.52 Å². The predicted molar refractivity (Wildman–Crippen MR) is 75.0 cm³/mol. The smallest absolute Gasteiger partial charge is 0.266 e. The van der Waals surface area contributed by atoms with E-state index in [1.807, 2.05) is 61.7 Å². The Morgan fingerprint density at radius 3 is 2.75 bits per heavy atom. The normalized spacial score (nSPS) is 10.7. The van der Waals surface area contributed by atoms with Crippen molar-refractivity contribution in [2.24, 2.45) is 7.05 Å². The molecule has 0 amide bonds. The molecule has 3 rings (SSSR count). The van der Waals surface area contributed by atoms with Gasteiger partial charge in [0.2, 0.25) is 0 Å². The average molecular weight is 269 g/mol. The van der Waals surface area contributed by atoms with Crippen LogP contribution in [0.2, 0.25) is 0 Å². The molecule has 1 aromatic carbocycles. The van der Waals surface area contributed by atoms with E-state index >= 15 is 0 Å². The van der Waals surface area contributed by atoms with Gasteiger partial charge in [0.25, 0.3) is 11.8 Å². The van der Waals surface area contributed by atoms with Crippen molar-refractivity contribution in [1.82, 2.24) is 19.9 Å². The molecule has 0 aliphatic rings. The van der Waals surface area contributed by atoms with Gasteiger partial charge in [-0.25, -0.2) is 0 Å². The first-order valence-electron chi connectivity index (χ1n) is 6.30. The number of aryl methyl sites for hydroxylation is 1. The quantitative estimate of drug-likeness (QED) is 0.726. The van der Waals surface area contributed by atoms with Gasteiger partial charge in [-0.2, -0.15) is 10.1 Å². The second kappa shape index (κ2) is 5.16.